The van der Waals surface area contributed by atoms with Crippen molar-refractivity contribution in [2.45, 2.75) is 25.6 Å². The Kier molecular flexibility index (Phi) is 4.60. The minimum absolute atomic E-state index is 0.0511. The van der Waals surface area contributed by atoms with Gasteiger partial charge in [0.2, 0.25) is 10.0 Å². The molecule has 2 saturated heterocycles. The van der Waals surface area contributed by atoms with E-state index in [0.717, 1.165) is 0 Å². The maximum absolute atomic E-state index is 12.0. The fraction of sp³-hybridized carbons (Fsp3) is 1.00. The Labute approximate surface area is 108 Å². The molecule has 0 aromatic carbocycles. The lowest BCUT2D eigenvalue weighted by Crippen LogP contribution is -2.48. The van der Waals surface area contributed by atoms with E-state index < -0.39 is 15.8 Å². The summed E-state index contributed by atoms with van der Waals surface area (Å²) in [5.41, 5.74) is 0. The van der Waals surface area contributed by atoms with Crippen LogP contribution >= 0.6 is 0 Å². The van der Waals surface area contributed by atoms with Crippen LogP contribution in [0.15, 0.2) is 0 Å². The number of hydrogen-bond acceptors (Lipinski definition) is 5. The van der Waals surface area contributed by atoms with Crippen LogP contribution in [0.2, 0.25) is 0 Å². The lowest BCUT2D eigenvalue weighted by Gasteiger charge is -2.36. The van der Waals surface area contributed by atoms with Crippen molar-refractivity contribution in [3.05, 3.63) is 0 Å². The zero-order valence-corrected chi connectivity index (χ0v) is 11.6. The molecule has 0 radical (unpaired) electrons. The van der Waals surface area contributed by atoms with Gasteiger partial charge in [0.15, 0.2) is 5.79 Å². The average Bonchev–Trinajstić information content (AvgIpc) is 2.78. The van der Waals surface area contributed by atoms with Crippen LogP contribution in [0, 0.1) is 0 Å². The summed E-state index contributed by atoms with van der Waals surface area (Å²) < 4.78 is 41.8. The largest absolute Gasteiger partial charge is 0.381 e. The van der Waals surface area contributed by atoms with Crippen molar-refractivity contribution < 1.29 is 22.6 Å². The van der Waals surface area contributed by atoms with Gasteiger partial charge in [-0.3, -0.25) is 0 Å². The summed E-state index contributed by atoms with van der Waals surface area (Å²) >= 11 is 0. The Morgan fingerprint density at radius 1 is 1.22 bits per heavy atom. The predicted octanol–water partition coefficient (Wildman–Crippen LogP) is 0.192. The van der Waals surface area contributed by atoms with E-state index >= 15 is 0 Å². The molecule has 1 spiro atoms. The maximum Gasteiger partial charge on any atom is 0.216 e. The van der Waals surface area contributed by atoms with E-state index in [1.54, 1.807) is 0 Å². The van der Waals surface area contributed by atoms with Crippen LogP contribution in [0.25, 0.3) is 0 Å². The van der Waals surface area contributed by atoms with Crippen LogP contribution in [0.3, 0.4) is 0 Å². The van der Waals surface area contributed by atoms with Gasteiger partial charge in [-0.05, 0) is 6.92 Å². The molecule has 2 aliphatic rings. The van der Waals surface area contributed by atoms with Gasteiger partial charge in [-0.15, -0.1) is 0 Å². The molecule has 2 aliphatic heterocycles. The van der Waals surface area contributed by atoms with Crippen LogP contribution in [0.4, 0.5) is 0 Å². The van der Waals surface area contributed by atoms with E-state index in [-0.39, 0.29) is 12.4 Å². The van der Waals surface area contributed by atoms with Gasteiger partial charge in [0.1, 0.15) is 0 Å². The molecule has 2 rings (SSSR count). The summed E-state index contributed by atoms with van der Waals surface area (Å²) in [6.07, 6.45) is 1.22. The number of rotatable bonds is 5. The molecule has 0 aliphatic carbocycles. The predicted molar refractivity (Wildman–Crippen MR) is 65.7 cm³/mol. The number of hydrogen-bond donors (Lipinski definition) is 0. The van der Waals surface area contributed by atoms with Gasteiger partial charge in [-0.1, -0.05) is 0 Å². The fourth-order valence-electron chi connectivity index (χ4n) is 2.33. The minimum Gasteiger partial charge on any atom is -0.381 e. The second kappa shape index (κ2) is 5.83. The molecule has 0 aromatic rings. The number of ether oxygens (including phenoxy) is 3. The molecule has 0 amide bonds. The zero-order chi connectivity index (χ0) is 13.1. The highest BCUT2D eigenvalue weighted by molar-refractivity contribution is 7.89. The molecule has 18 heavy (non-hydrogen) atoms. The first kappa shape index (κ1) is 14.2. The minimum atomic E-state index is -3.20. The molecule has 0 bridgehead atoms. The molecule has 2 fully saturated rings. The highest BCUT2D eigenvalue weighted by atomic mass is 32.2. The Hall–Kier alpha value is -0.210. The summed E-state index contributed by atoms with van der Waals surface area (Å²) in [7, 11) is -3.20. The van der Waals surface area contributed by atoms with Crippen LogP contribution in [-0.2, 0) is 24.2 Å². The maximum atomic E-state index is 12.0. The molecule has 0 atom stereocenters. The summed E-state index contributed by atoms with van der Waals surface area (Å²) in [4.78, 5) is 0. The monoisotopic (exact) mass is 279 g/mol. The molecular formula is C11H21NO5S. The Bertz CT molecular complexity index is 354. The third-order valence-corrected chi connectivity index (χ3v) is 5.22. The first-order valence-corrected chi connectivity index (χ1v) is 8.02. The molecule has 2 heterocycles. The Morgan fingerprint density at radius 2 is 1.83 bits per heavy atom. The number of piperidine rings is 1. The van der Waals surface area contributed by atoms with Gasteiger partial charge in [0, 0.05) is 32.5 Å². The smallest absolute Gasteiger partial charge is 0.216 e. The van der Waals surface area contributed by atoms with E-state index in [4.69, 9.17) is 14.2 Å². The number of nitrogens with zero attached hydrogens (tertiary/aromatic N) is 1. The zero-order valence-electron chi connectivity index (χ0n) is 10.8. The van der Waals surface area contributed by atoms with E-state index in [1.165, 1.54) is 4.31 Å². The van der Waals surface area contributed by atoms with Crippen LogP contribution in [-0.4, -0.2) is 63.8 Å². The van der Waals surface area contributed by atoms with E-state index in [9.17, 15) is 8.42 Å². The summed E-state index contributed by atoms with van der Waals surface area (Å²) in [5.74, 6) is -0.471. The molecule has 0 aromatic heterocycles. The van der Waals surface area contributed by atoms with Crippen LogP contribution in [0.1, 0.15) is 19.8 Å². The summed E-state index contributed by atoms with van der Waals surface area (Å²) in [6, 6.07) is 0. The van der Waals surface area contributed by atoms with Crippen molar-refractivity contribution in [2.75, 3.05) is 45.3 Å². The third kappa shape index (κ3) is 3.21. The van der Waals surface area contributed by atoms with Crippen molar-refractivity contribution in [1.29, 1.82) is 0 Å². The van der Waals surface area contributed by atoms with Gasteiger partial charge >= 0.3 is 0 Å². The topological polar surface area (TPSA) is 65.1 Å². The highest BCUT2D eigenvalue weighted by Gasteiger charge is 2.42. The SMILES string of the molecule is CCOCCS(=O)(=O)N1CCC2(CC1)OCCO2. The molecule has 7 heteroatoms. The lowest BCUT2D eigenvalue weighted by molar-refractivity contribution is -0.179. The van der Waals surface area contributed by atoms with Crippen molar-refractivity contribution in [3.8, 4) is 0 Å². The van der Waals surface area contributed by atoms with E-state index in [2.05, 4.69) is 0 Å². The molecule has 0 saturated carbocycles. The Morgan fingerprint density at radius 3 is 2.39 bits per heavy atom. The molecule has 6 nitrogen and oxygen atoms in total. The van der Waals surface area contributed by atoms with Crippen molar-refractivity contribution in [2.24, 2.45) is 0 Å². The first-order valence-electron chi connectivity index (χ1n) is 6.41. The van der Waals surface area contributed by atoms with Crippen LogP contribution in [0.5, 0.6) is 0 Å². The van der Waals surface area contributed by atoms with Crippen LogP contribution < -0.4 is 0 Å². The van der Waals surface area contributed by atoms with Gasteiger partial charge in [-0.25, -0.2) is 12.7 Å². The second-order valence-corrected chi connectivity index (χ2v) is 6.61. The van der Waals surface area contributed by atoms with Crippen molar-refractivity contribution in [3.63, 3.8) is 0 Å². The lowest BCUT2D eigenvalue weighted by atomic mass is 10.1. The first-order chi connectivity index (χ1) is 8.58. The van der Waals surface area contributed by atoms with E-state index in [0.29, 0.717) is 45.8 Å². The fourth-order valence-corrected chi connectivity index (χ4v) is 3.65. The summed E-state index contributed by atoms with van der Waals surface area (Å²) in [5, 5.41) is 0. The van der Waals surface area contributed by atoms with Crippen molar-refractivity contribution >= 4 is 10.0 Å². The van der Waals surface area contributed by atoms with Gasteiger partial charge < -0.3 is 14.2 Å². The van der Waals surface area contributed by atoms with Gasteiger partial charge in [0.25, 0.3) is 0 Å². The quantitative estimate of drug-likeness (QED) is 0.672. The molecule has 0 unspecified atom stereocenters. The van der Waals surface area contributed by atoms with E-state index in [1.807, 2.05) is 6.92 Å². The van der Waals surface area contributed by atoms with Gasteiger partial charge in [-0.2, -0.15) is 0 Å². The molecular weight excluding hydrogens is 258 g/mol. The highest BCUT2D eigenvalue weighted by Crippen LogP contribution is 2.32. The normalized spacial score (nSPS) is 24.7. The second-order valence-electron chi connectivity index (χ2n) is 4.52. The average molecular weight is 279 g/mol. The standard InChI is InChI=1S/C11H21NO5S/c1-2-15-9-10-18(13,14)12-5-3-11(4-6-12)16-7-8-17-11/h2-10H2,1H3. The molecule has 0 N–H and O–H groups in total. The van der Waals surface area contributed by atoms with Gasteiger partial charge in [0.05, 0.1) is 25.6 Å². The summed E-state index contributed by atoms with van der Waals surface area (Å²) in [6.45, 7) is 4.80. The number of sulfonamides is 1. The Balaban J connectivity index is 1.84. The van der Waals surface area contributed by atoms with Crippen molar-refractivity contribution in [1.82, 2.24) is 4.31 Å². The third-order valence-electron chi connectivity index (χ3n) is 3.38. The molecule has 106 valence electrons.